The van der Waals surface area contributed by atoms with E-state index in [-0.39, 0.29) is 18.6 Å². The first-order valence-electron chi connectivity index (χ1n) is 13.8. The molecule has 0 aromatic heterocycles. The van der Waals surface area contributed by atoms with Crippen molar-refractivity contribution < 1.29 is 14.6 Å². The molecule has 2 fully saturated rings. The van der Waals surface area contributed by atoms with E-state index in [0.717, 1.165) is 71.7 Å². The number of aliphatic hydroxyl groups excluding tert-OH is 1. The van der Waals surface area contributed by atoms with Crippen molar-refractivity contribution in [3.63, 3.8) is 0 Å². The molecule has 0 spiro atoms. The molecule has 0 radical (unpaired) electrons. The number of likely N-dealkylation sites (tertiary alicyclic amines) is 1. The van der Waals surface area contributed by atoms with Crippen LogP contribution in [0.1, 0.15) is 34.3 Å². The first-order chi connectivity index (χ1) is 18.6. The summed E-state index contributed by atoms with van der Waals surface area (Å²) in [4.78, 5) is 20.0. The first-order valence-corrected chi connectivity index (χ1v) is 13.8. The highest BCUT2D eigenvalue weighted by atomic mass is 16.5. The number of piperidine rings is 1. The van der Waals surface area contributed by atoms with Gasteiger partial charge in [-0.2, -0.15) is 0 Å². The molecule has 1 amide bonds. The summed E-state index contributed by atoms with van der Waals surface area (Å²) < 4.78 is 5.25. The number of nitrogens with zero attached hydrogens (tertiary/aromatic N) is 3. The van der Waals surface area contributed by atoms with E-state index in [1.54, 1.807) is 13.2 Å². The highest BCUT2D eigenvalue weighted by molar-refractivity contribution is 5.94. The lowest BCUT2D eigenvalue weighted by molar-refractivity contribution is 0.0908. The van der Waals surface area contributed by atoms with E-state index in [0.29, 0.717) is 11.3 Å². The van der Waals surface area contributed by atoms with Gasteiger partial charge in [0.25, 0.3) is 5.91 Å². The van der Waals surface area contributed by atoms with Gasteiger partial charge in [0, 0.05) is 70.5 Å². The number of hydrogen-bond acceptors (Lipinski definition) is 6. The van der Waals surface area contributed by atoms with Crippen molar-refractivity contribution in [1.82, 2.24) is 20.0 Å². The highest BCUT2D eigenvalue weighted by Gasteiger charge is 2.22. The number of methoxy groups -OCH3 is 1. The van der Waals surface area contributed by atoms with Crippen molar-refractivity contribution in [1.29, 1.82) is 0 Å². The fourth-order valence-electron chi connectivity index (χ4n) is 5.64. The molecule has 2 heterocycles. The fourth-order valence-corrected chi connectivity index (χ4v) is 5.64. The molecule has 7 nitrogen and oxygen atoms in total. The Hall–Kier alpha value is -2.97. The number of carbonyl (C=O) groups is 1. The van der Waals surface area contributed by atoms with Gasteiger partial charge in [0.2, 0.25) is 0 Å². The monoisotopic (exact) mass is 516 g/mol. The molecule has 2 aliphatic rings. The van der Waals surface area contributed by atoms with Gasteiger partial charge in [0.1, 0.15) is 5.75 Å². The summed E-state index contributed by atoms with van der Waals surface area (Å²) in [6.07, 6.45) is 1.91. The number of amides is 1. The Balaban J connectivity index is 1.12. The predicted octanol–water partition coefficient (Wildman–Crippen LogP) is 3.35. The molecule has 0 atom stereocenters. The van der Waals surface area contributed by atoms with Gasteiger partial charge in [0.15, 0.2) is 0 Å². The van der Waals surface area contributed by atoms with Crippen molar-refractivity contribution in [2.24, 2.45) is 0 Å². The minimum absolute atomic E-state index is 0.0280. The van der Waals surface area contributed by atoms with Gasteiger partial charge >= 0.3 is 0 Å². The topological polar surface area (TPSA) is 68.3 Å². The molecule has 3 aromatic carbocycles. The maximum absolute atomic E-state index is 12.7. The molecule has 2 aliphatic heterocycles. The number of aliphatic hydroxyl groups is 1. The molecule has 0 aliphatic carbocycles. The van der Waals surface area contributed by atoms with Gasteiger partial charge in [-0.05, 0) is 65.1 Å². The number of ether oxygens (including phenoxy) is 1. The number of nitrogens with one attached hydrogen (secondary N) is 1. The summed E-state index contributed by atoms with van der Waals surface area (Å²) in [7, 11) is 1.62. The minimum atomic E-state index is -0.0280. The molecule has 0 bridgehead atoms. The maximum atomic E-state index is 12.7. The van der Waals surface area contributed by atoms with Gasteiger partial charge in [0.05, 0.1) is 13.7 Å². The van der Waals surface area contributed by atoms with E-state index in [4.69, 9.17) is 9.84 Å². The zero-order valence-corrected chi connectivity index (χ0v) is 22.4. The van der Waals surface area contributed by atoms with Crippen molar-refractivity contribution in [3.8, 4) is 5.75 Å². The lowest BCUT2D eigenvalue weighted by Gasteiger charge is -2.34. The van der Waals surface area contributed by atoms with Crippen LogP contribution in [0.5, 0.6) is 5.75 Å². The van der Waals surface area contributed by atoms with Crippen LogP contribution in [0.2, 0.25) is 0 Å². The standard InChI is InChI=1S/C31H40N4O3/c1-38-30-4-2-3-27(21-30)31(37)32-29-9-11-34(12-10-29)22-24-5-7-26-8-6-25(20-28(26)19-24)23-35-15-13-33(14-16-35)17-18-36/h2-8,19-21,29,36H,9-18,22-23H2,1H3,(H,32,37). The third-order valence-electron chi connectivity index (χ3n) is 7.92. The largest absolute Gasteiger partial charge is 0.497 e. The average Bonchev–Trinajstić information content (AvgIpc) is 2.95. The third kappa shape index (κ3) is 6.91. The van der Waals surface area contributed by atoms with Gasteiger partial charge in [-0.15, -0.1) is 0 Å². The Morgan fingerprint density at radius 3 is 2.11 bits per heavy atom. The second-order valence-electron chi connectivity index (χ2n) is 10.6. The molecule has 38 heavy (non-hydrogen) atoms. The summed E-state index contributed by atoms with van der Waals surface area (Å²) in [5, 5.41) is 15.0. The lowest BCUT2D eigenvalue weighted by atomic mass is 10.0. The third-order valence-corrected chi connectivity index (χ3v) is 7.92. The summed E-state index contributed by atoms with van der Waals surface area (Å²) in [5.41, 5.74) is 3.34. The van der Waals surface area contributed by atoms with Crippen LogP contribution in [-0.2, 0) is 13.1 Å². The quantitative estimate of drug-likeness (QED) is 0.455. The molecule has 0 unspecified atom stereocenters. The summed E-state index contributed by atoms with van der Waals surface area (Å²) in [6.45, 7) is 9.04. The van der Waals surface area contributed by atoms with Gasteiger partial charge in [-0.3, -0.25) is 19.5 Å². The van der Waals surface area contributed by atoms with Gasteiger partial charge < -0.3 is 15.2 Å². The van der Waals surface area contributed by atoms with Crippen molar-refractivity contribution in [2.45, 2.75) is 32.0 Å². The van der Waals surface area contributed by atoms with E-state index >= 15 is 0 Å². The first kappa shape index (κ1) is 26.6. The maximum Gasteiger partial charge on any atom is 0.251 e. The molecule has 7 heteroatoms. The number of hydrogen-bond donors (Lipinski definition) is 2. The Bertz CT molecular complexity index is 1220. The number of benzene rings is 3. The van der Waals surface area contributed by atoms with Gasteiger partial charge in [-0.1, -0.05) is 30.3 Å². The van der Waals surface area contributed by atoms with Gasteiger partial charge in [-0.25, -0.2) is 0 Å². The van der Waals surface area contributed by atoms with Crippen LogP contribution in [0.25, 0.3) is 10.8 Å². The van der Waals surface area contributed by atoms with Crippen LogP contribution in [0.4, 0.5) is 0 Å². The van der Waals surface area contributed by atoms with Crippen molar-refractivity contribution in [3.05, 3.63) is 77.4 Å². The Kier molecular flexibility index (Phi) is 8.91. The van der Waals surface area contributed by atoms with Crippen LogP contribution >= 0.6 is 0 Å². The SMILES string of the molecule is COc1cccc(C(=O)NC2CCN(Cc3ccc4ccc(CN5CCN(CCO)CC5)cc4c3)CC2)c1. The van der Waals surface area contributed by atoms with Crippen LogP contribution in [0, 0.1) is 0 Å². The van der Waals surface area contributed by atoms with E-state index in [1.807, 2.05) is 18.2 Å². The van der Waals surface area contributed by atoms with E-state index in [9.17, 15) is 4.79 Å². The zero-order chi connectivity index (χ0) is 26.3. The molecule has 5 rings (SSSR count). The molecule has 2 N–H and O–H groups in total. The van der Waals surface area contributed by atoms with Crippen molar-refractivity contribution >= 4 is 16.7 Å². The van der Waals surface area contributed by atoms with Crippen molar-refractivity contribution in [2.75, 3.05) is 59.5 Å². The number of piperazine rings is 1. The number of rotatable bonds is 9. The normalized spacial score (nSPS) is 18.1. The summed E-state index contributed by atoms with van der Waals surface area (Å²) in [5.74, 6) is 0.673. The van der Waals surface area contributed by atoms with Crippen LogP contribution in [-0.4, -0.2) is 91.3 Å². The molecule has 3 aromatic rings. The van der Waals surface area contributed by atoms with Crippen LogP contribution in [0.3, 0.4) is 0 Å². The highest BCUT2D eigenvalue weighted by Crippen LogP contribution is 2.22. The van der Waals surface area contributed by atoms with E-state index < -0.39 is 0 Å². The van der Waals surface area contributed by atoms with E-state index in [1.165, 1.54) is 21.9 Å². The van der Waals surface area contributed by atoms with Crippen LogP contribution < -0.4 is 10.1 Å². The molecular weight excluding hydrogens is 476 g/mol. The second-order valence-corrected chi connectivity index (χ2v) is 10.6. The lowest BCUT2D eigenvalue weighted by Crippen LogP contribution is -2.46. The molecule has 2 saturated heterocycles. The van der Waals surface area contributed by atoms with Crippen LogP contribution in [0.15, 0.2) is 60.7 Å². The smallest absolute Gasteiger partial charge is 0.251 e. The Labute approximate surface area is 226 Å². The predicted molar refractivity (Wildman–Crippen MR) is 152 cm³/mol. The van der Waals surface area contributed by atoms with E-state index in [2.05, 4.69) is 56.4 Å². The second kappa shape index (κ2) is 12.7. The fraction of sp³-hybridized carbons (Fsp3) is 0.452. The molecule has 0 saturated carbocycles. The molecular formula is C31H40N4O3. The zero-order valence-electron chi connectivity index (χ0n) is 22.4. The Morgan fingerprint density at radius 1 is 0.842 bits per heavy atom. The average molecular weight is 517 g/mol. The number of carbonyl (C=O) groups excluding carboxylic acids is 1. The summed E-state index contributed by atoms with van der Waals surface area (Å²) >= 11 is 0. The number of fused-ring (bicyclic) bond motifs is 1. The summed E-state index contributed by atoms with van der Waals surface area (Å²) in [6, 6.07) is 21.2. The minimum Gasteiger partial charge on any atom is -0.497 e. The Morgan fingerprint density at radius 2 is 1.47 bits per heavy atom. The number of β-amino-alcohol motifs (C(OH)–C–C–N with tert-alkyl or cyclic N) is 1. The molecule has 202 valence electrons.